The largest absolute Gasteiger partial charge is 0.391 e. The molecule has 19 heavy (non-hydrogen) atoms. The molecule has 7 nitrogen and oxygen atoms in total. The molecule has 0 bridgehead atoms. The lowest BCUT2D eigenvalue weighted by atomic mass is 10.2. The van der Waals surface area contributed by atoms with Crippen LogP contribution in [0.4, 0.5) is 11.5 Å². The summed E-state index contributed by atoms with van der Waals surface area (Å²) in [6.45, 7) is 4.58. The number of nitrogens with one attached hydrogen (secondary N) is 1. The first-order valence-corrected chi connectivity index (χ1v) is 6.68. The van der Waals surface area contributed by atoms with Crippen molar-refractivity contribution in [1.29, 1.82) is 0 Å². The number of aliphatic hydroxyl groups is 1. The van der Waals surface area contributed by atoms with Gasteiger partial charge in [-0.15, -0.1) is 0 Å². The molecule has 106 valence electrons. The van der Waals surface area contributed by atoms with Crippen LogP contribution >= 0.6 is 0 Å². The Morgan fingerprint density at radius 2 is 2.32 bits per heavy atom. The zero-order valence-electron chi connectivity index (χ0n) is 11.3. The molecule has 1 saturated carbocycles. The fourth-order valence-electron chi connectivity index (χ4n) is 2.19. The topological polar surface area (TPSA) is 93.2 Å². The maximum atomic E-state index is 11.1. The number of aromatic nitrogens is 2. The van der Waals surface area contributed by atoms with Gasteiger partial charge in [0.25, 0.3) is 0 Å². The molecular weight excluding hydrogens is 248 g/mol. The van der Waals surface area contributed by atoms with E-state index in [1.54, 1.807) is 11.6 Å². The molecule has 0 amide bonds. The molecule has 0 saturated heterocycles. The molecule has 1 aromatic heterocycles. The number of rotatable bonds is 7. The van der Waals surface area contributed by atoms with Crippen LogP contribution in [0.15, 0.2) is 0 Å². The Balaban J connectivity index is 2.16. The molecule has 1 atom stereocenters. The van der Waals surface area contributed by atoms with Crippen molar-refractivity contribution in [2.75, 3.05) is 11.9 Å². The number of hydrogen-bond acceptors (Lipinski definition) is 5. The van der Waals surface area contributed by atoms with Gasteiger partial charge in [0, 0.05) is 13.1 Å². The minimum atomic E-state index is -0.440. The van der Waals surface area contributed by atoms with Gasteiger partial charge in [0.1, 0.15) is 5.69 Å². The Bertz CT molecular complexity index is 468. The molecule has 1 unspecified atom stereocenters. The second-order valence-corrected chi connectivity index (χ2v) is 5.05. The van der Waals surface area contributed by atoms with Crippen molar-refractivity contribution < 1.29 is 10.0 Å². The number of aryl methyl sites for hydroxylation is 2. The highest BCUT2D eigenvalue weighted by molar-refractivity contribution is 5.59. The van der Waals surface area contributed by atoms with Crippen molar-refractivity contribution in [3.63, 3.8) is 0 Å². The number of aliphatic hydroxyl groups excluding tert-OH is 1. The van der Waals surface area contributed by atoms with Gasteiger partial charge in [-0.3, -0.25) is 10.1 Å². The second-order valence-electron chi connectivity index (χ2n) is 5.05. The van der Waals surface area contributed by atoms with E-state index in [0.717, 1.165) is 19.3 Å². The van der Waals surface area contributed by atoms with Gasteiger partial charge in [0.15, 0.2) is 0 Å². The maximum absolute atomic E-state index is 11.1. The van der Waals surface area contributed by atoms with Gasteiger partial charge in [-0.25, -0.2) is 4.68 Å². The summed E-state index contributed by atoms with van der Waals surface area (Å²) in [6, 6.07) is 0. The highest BCUT2D eigenvalue weighted by Crippen LogP contribution is 2.33. The number of hydrogen-bond donors (Lipinski definition) is 2. The third-order valence-electron chi connectivity index (χ3n) is 3.36. The highest BCUT2D eigenvalue weighted by atomic mass is 16.6. The normalized spacial score (nSPS) is 16.4. The summed E-state index contributed by atoms with van der Waals surface area (Å²) in [4.78, 5) is 10.7. The number of anilines is 1. The van der Waals surface area contributed by atoms with Crippen LogP contribution in [0.3, 0.4) is 0 Å². The molecule has 0 spiro atoms. The van der Waals surface area contributed by atoms with Gasteiger partial charge in [0.2, 0.25) is 5.82 Å². The van der Waals surface area contributed by atoms with Crippen molar-refractivity contribution in [3.8, 4) is 0 Å². The molecule has 0 radical (unpaired) electrons. The van der Waals surface area contributed by atoms with E-state index in [1.807, 2.05) is 6.92 Å². The molecule has 1 aliphatic rings. The van der Waals surface area contributed by atoms with Crippen LogP contribution < -0.4 is 5.32 Å². The highest BCUT2D eigenvalue weighted by Gasteiger charge is 2.31. The zero-order chi connectivity index (χ0) is 14.0. The van der Waals surface area contributed by atoms with E-state index >= 15 is 0 Å². The van der Waals surface area contributed by atoms with E-state index in [9.17, 15) is 15.2 Å². The number of nitro groups is 1. The lowest BCUT2D eigenvalue weighted by Gasteiger charge is -2.12. The molecule has 0 aliphatic heterocycles. The fourth-order valence-corrected chi connectivity index (χ4v) is 2.19. The van der Waals surface area contributed by atoms with Crippen LogP contribution in [0.2, 0.25) is 0 Å². The third-order valence-corrected chi connectivity index (χ3v) is 3.36. The van der Waals surface area contributed by atoms with Gasteiger partial charge in [-0.1, -0.05) is 6.92 Å². The summed E-state index contributed by atoms with van der Waals surface area (Å²) in [7, 11) is 0. The first-order valence-electron chi connectivity index (χ1n) is 6.68. The van der Waals surface area contributed by atoms with Crippen LogP contribution in [-0.2, 0) is 6.54 Å². The van der Waals surface area contributed by atoms with Crippen molar-refractivity contribution in [3.05, 3.63) is 15.8 Å². The quantitative estimate of drug-likeness (QED) is 0.580. The van der Waals surface area contributed by atoms with Crippen molar-refractivity contribution >= 4 is 11.5 Å². The molecule has 7 heteroatoms. The lowest BCUT2D eigenvalue weighted by Crippen LogP contribution is -2.23. The minimum Gasteiger partial charge on any atom is -0.391 e. The summed E-state index contributed by atoms with van der Waals surface area (Å²) < 4.78 is 1.62. The van der Waals surface area contributed by atoms with Crippen LogP contribution in [0.25, 0.3) is 0 Å². The van der Waals surface area contributed by atoms with Crippen molar-refractivity contribution in [2.24, 2.45) is 5.92 Å². The molecule has 2 rings (SSSR count). The summed E-state index contributed by atoms with van der Waals surface area (Å²) in [5, 5.41) is 28.1. The van der Waals surface area contributed by atoms with Gasteiger partial charge in [-0.05, 0) is 32.1 Å². The molecule has 1 fully saturated rings. The summed E-state index contributed by atoms with van der Waals surface area (Å²) >= 11 is 0. The average molecular weight is 268 g/mol. The summed E-state index contributed by atoms with van der Waals surface area (Å²) in [5.74, 6) is 0.749. The Morgan fingerprint density at radius 3 is 2.84 bits per heavy atom. The van der Waals surface area contributed by atoms with Gasteiger partial charge in [-0.2, -0.15) is 5.10 Å². The first-order chi connectivity index (χ1) is 9.04. The Morgan fingerprint density at radius 1 is 1.63 bits per heavy atom. The third kappa shape index (κ3) is 3.04. The Labute approximate surface area is 111 Å². The molecule has 2 N–H and O–H groups in total. The average Bonchev–Trinajstić information content (AvgIpc) is 3.12. The van der Waals surface area contributed by atoms with Gasteiger partial charge < -0.3 is 10.4 Å². The Kier molecular flexibility index (Phi) is 4.04. The van der Waals surface area contributed by atoms with E-state index < -0.39 is 11.0 Å². The molecular formula is C12H20N4O3. The predicted molar refractivity (Wildman–Crippen MR) is 71.1 cm³/mol. The van der Waals surface area contributed by atoms with Crippen LogP contribution in [0, 0.1) is 23.0 Å². The number of nitrogens with zero attached hydrogens (tertiary/aromatic N) is 3. The van der Waals surface area contributed by atoms with E-state index in [0.29, 0.717) is 30.5 Å². The van der Waals surface area contributed by atoms with Crippen LogP contribution in [0.1, 0.15) is 31.9 Å². The maximum Gasteiger partial charge on any atom is 0.333 e. The fraction of sp³-hybridized carbons (Fsp3) is 0.750. The standard InChI is InChI=1S/C12H20N4O3/c1-3-6-15-12(11(16(18)19)8(2)14-15)13-7-10(17)9-4-5-9/h9-10,13,17H,3-7H2,1-2H3. The van der Waals surface area contributed by atoms with Crippen LogP contribution in [-0.4, -0.2) is 32.5 Å². The SMILES string of the molecule is CCCn1nc(C)c([N+](=O)[O-])c1NCC(O)C1CC1. The lowest BCUT2D eigenvalue weighted by molar-refractivity contribution is -0.384. The molecule has 1 heterocycles. The van der Waals surface area contributed by atoms with E-state index in [4.69, 9.17) is 0 Å². The molecule has 0 aromatic carbocycles. The zero-order valence-corrected chi connectivity index (χ0v) is 11.3. The Hall–Kier alpha value is -1.63. The summed E-state index contributed by atoms with van der Waals surface area (Å²) in [5.41, 5.74) is 0.415. The first kappa shape index (κ1) is 13.8. The smallest absolute Gasteiger partial charge is 0.333 e. The van der Waals surface area contributed by atoms with Crippen LogP contribution in [0.5, 0.6) is 0 Å². The predicted octanol–water partition coefficient (Wildman–Crippen LogP) is 1.69. The van der Waals surface area contributed by atoms with Gasteiger partial charge >= 0.3 is 5.69 Å². The van der Waals surface area contributed by atoms with Gasteiger partial charge in [0.05, 0.1) is 11.0 Å². The van der Waals surface area contributed by atoms with E-state index in [1.165, 1.54) is 0 Å². The molecule has 1 aromatic rings. The van der Waals surface area contributed by atoms with E-state index in [-0.39, 0.29) is 5.69 Å². The monoisotopic (exact) mass is 268 g/mol. The van der Waals surface area contributed by atoms with E-state index in [2.05, 4.69) is 10.4 Å². The minimum absolute atomic E-state index is 0.0106. The summed E-state index contributed by atoms with van der Waals surface area (Å²) in [6.07, 6.45) is 2.49. The van der Waals surface area contributed by atoms with Crippen molar-refractivity contribution in [1.82, 2.24) is 9.78 Å². The second kappa shape index (κ2) is 5.56. The van der Waals surface area contributed by atoms with Crippen molar-refractivity contribution in [2.45, 2.75) is 45.8 Å². The molecule has 1 aliphatic carbocycles.